The molecule has 1 atom stereocenters. The van der Waals surface area contributed by atoms with Crippen molar-refractivity contribution in [3.63, 3.8) is 0 Å². The lowest BCUT2D eigenvalue weighted by Gasteiger charge is -2.45. The summed E-state index contributed by atoms with van der Waals surface area (Å²) in [7, 11) is 0. The average molecular weight is 482 g/mol. The largest absolute Gasteiger partial charge is 0.337 e. The van der Waals surface area contributed by atoms with E-state index in [2.05, 4.69) is 0 Å². The number of halogens is 1. The van der Waals surface area contributed by atoms with Crippen LogP contribution in [-0.4, -0.2) is 71.2 Å². The van der Waals surface area contributed by atoms with E-state index >= 15 is 0 Å². The molecule has 33 heavy (non-hydrogen) atoms. The van der Waals surface area contributed by atoms with Crippen molar-refractivity contribution in [3.05, 3.63) is 69.6 Å². The molecule has 3 aromatic rings. The van der Waals surface area contributed by atoms with Gasteiger partial charge in [0.05, 0.1) is 17.0 Å². The fraction of sp³-hybridized carbons (Fsp3) is 0.320. The summed E-state index contributed by atoms with van der Waals surface area (Å²) in [5.41, 5.74) is 1.61. The summed E-state index contributed by atoms with van der Waals surface area (Å²) >= 11 is 7.61. The summed E-state index contributed by atoms with van der Waals surface area (Å²) in [6.45, 7) is 4.12. The molecule has 0 radical (unpaired) electrons. The maximum atomic E-state index is 13.1. The number of rotatable bonds is 5. The second-order valence-corrected chi connectivity index (χ2v) is 10.2. The molecule has 2 aliphatic rings. The van der Waals surface area contributed by atoms with Gasteiger partial charge in [0.15, 0.2) is 0 Å². The van der Waals surface area contributed by atoms with Crippen LogP contribution in [-0.2, 0) is 4.79 Å². The van der Waals surface area contributed by atoms with Crippen LogP contribution in [0.1, 0.15) is 32.0 Å². The monoisotopic (exact) mass is 481 g/mol. The number of carbonyl (C=O) groups excluding carboxylic acids is 3. The first-order chi connectivity index (χ1) is 16.0. The maximum absolute atomic E-state index is 13.1. The Morgan fingerprint density at radius 1 is 1.03 bits per heavy atom. The van der Waals surface area contributed by atoms with E-state index in [1.165, 1.54) is 11.3 Å². The molecule has 170 valence electrons. The Hall–Kier alpha value is -2.90. The Morgan fingerprint density at radius 2 is 1.76 bits per heavy atom. The van der Waals surface area contributed by atoms with Crippen LogP contribution in [0.25, 0.3) is 10.1 Å². The number of likely N-dealkylation sites (tertiary alicyclic amines) is 2. The highest BCUT2D eigenvalue weighted by atomic mass is 35.5. The van der Waals surface area contributed by atoms with Crippen LogP contribution in [0.15, 0.2) is 48.5 Å². The topological polar surface area (TPSA) is 60.9 Å². The van der Waals surface area contributed by atoms with Crippen LogP contribution < -0.4 is 0 Å². The van der Waals surface area contributed by atoms with Gasteiger partial charge < -0.3 is 14.7 Å². The van der Waals surface area contributed by atoms with Gasteiger partial charge >= 0.3 is 0 Å². The molecule has 0 aliphatic carbocycles. The fourth-order valence-corrected chi connectivity index (χ4v) is 6.08. The number of aryl methyl sites for hydroxylation is 1. The lowest BCUT2D eigenvalue weighted by molar-refractivity contribution is -0.125. The highest BCUT2D eigenvalue weighted by Crippen LogP contribution is 2.34. The SMILES string of the molecule is Cc1c(C(=O)N2CC(N(C=O)[C@H]3CCN(C(=O)c4ccccc4)C3)C2)sc2ccc(Cl)cc12. The van der Waals surface area contributed by atoms with Crippen molar-refractivity contribution in [2.75, 3.05) is 26.2 Å². The number of benzene rings is 2. The van der Waals surface area contributed by atoms with Crippen LogP contribution in [0.2, 0.25) is 5.02 Å². The molecule has 0 saturated carbocycles. The summed E-state index contributed by atoms with van der Waals surface area (Å²) in [6, 6.07) is 14.9. The van der Waals surface area contributed by atoms with E-state index in [0.717, 1.165) is 33.4 Å². The van der Waals surface area contributed by atoms with E-state index in [1.807, 2.05) is 60.4 Å². The first kappa shape index (κ1) is 21.9. The van der Waals surface area contributed by atoms with E-state index in [9.17, 15) is 14.4 Å². The summed E-state index contributed by atoms with van der Waals surface area (Å²) in [5, 5.41) is 1.67. The van der Waals surface area contributed by atoms with Crippen LogP contribution in [0.4, 0.5) is 0 Å². The molecule has 2 saturated heterocycles. The summed E-state index contributed by atoms with van der Waals surface area (Å²) < 4.78 is 1.04. The maximum Gasteiger partial charge on any atom is 0.264 e. The minimum Gasteiger partial charge on any atom is -0.337 e. The normalized spacial score (nSPS) is 18.4. The molecule has 5 rings (SSSR count). The van der Waals surface area contributed by atoms with Gasteiger partial charge in [-0.3, -0.25) is 14.4 Å². The van der Waals surface area contributed by atoms with Gasteiger partial charge in [0, 0.05) is 41.5 Å². The van der Waals surface area contributed by atoms with E-state index in [-0.39, 0.29) is 23.9 Å². The van der Waals surface area contributed by atoms with Crippen molar-refractivity contribution < 1.29 is 14.4 Å². The van der Waals surface area contributed by atoms with Gasteiger partial charge in [-0.25, -0.2) is 0 Å². The molecule has 0 unspecified atom stereocenters. The molecule has 0 spiro atoms. The molecule has 6 nitrogen and oxygen atoms in total. The summed E-state index contributed by atoms with van der Waals surface area (Å²) in [6.07, 6.45) is 1.62. The highest BCUT2D eigenvalue weighted by molar-refractivity contribution is 7.21. The Labute approximate surface area is 201 Å². The van der Waals surface area contributed by atoms with Crippen molar-refractivity contribution in [1.82, 2.24) is 14.7 Å². The standard InChI is InChI=1S/C25H24ClN3O3S/c1-16-21-11-18(26)7-8-22(21)33-23(16)25(32)28-13-20(14-28)29(15-30)19-9-10-27(12-19)24(31)17-5-3-2-4-6-17/h2-8,11,15,19-20H,9-10,12-14H2,1H3/t19-/m0/s1. The van der Waals surface area contributed by atoms with Crippen LogP contribution in [0, 0.1) is 6.92 Å². The van der Waals surface area contributed by atoms with Crippen molar-refractivity contribution in [3.8, 4) is 0 Å². The predicted octanol–water partition coefficient (Wildman–Crippen LogP) is 4.06. The molecule has 2 fully saturated rings. The van der Waals surface area contributed by atoms with Gasteiger partial charge in [-0.2, -0.15) is 0 Å². The van der Waals surface area contributed by atoms with Crippen LogP contribution in [0.3, 0.4) is 0 Å². The third kappa shape index (κ3) is 4.00. The molecule has 8 heteroatoms. The number of hydrogen-bond acceptors (Lipinski definition) is 4. The number of fused-ring (bicyclic) bond motifs is 1. The summed E-state index contributed by atoms with van der Waals surface area (Å²) in [5.74, 6) is -0.00562. The Morgan fingerprint density at radius 3 is 2.48 bits per heavy atom. The average Bonchev–Trinajstić information content (AvgIpc) is 3.41. The molecule has 3 amide bonds. The zero-order valence-corrected chi connectivity index (χ0v) is 19.8. The van der Waals surface area contributed by atoms with Crippen LogP contribution >= 0.6 is 22.9 Å². The van der Waals surface area contributed by atoms with Gasteiger partial charge in [0.1, 0.15) is 0 Å². The number of nitrogens with zero attached hydrogens (tertiary/aromatic N) is 3. The molecule has 3 heterocycles. The van der Waals surface area contributed by atoms with E-state index < -0.39 is 0 Å². The molecule has 2 aromatic carbocycles. The number of carbonyl (C=O) groups is 3. The van der Waals surface area contributed by atoms with E-state index in [1.54, 1.807) is 9.80 Å². The smallest absolute Gasteiger partial charge is 0.264 e. The first-order valence-electron chi connectivity index (χ1n) is 11.0. The molecular formula is C25H24ClN3O3S. The minimum absolute atomic E-state index is 0.000717. The fourth-order valence-electron chi connectivity index (χ4n) is 4.75. The quantitative estimate of drug-likeness (QED) is 0.516. The van der Waals surface area contributed by atoms with Crippen molar-refractivity contribution in [2.24, 2.45) is 0 Å². The Balaban J connectivity index is 1.22. The van der Waals surface area contributed by atoms with E-state index in [0.29, 0.717) is 36.8 Å². The van der Waals surface area contributed by atoms with Gasteiger partial charge in [0.2, 0.25) is 6.41 Å². The lowest BCUT2D eigenvalue weighted by atomic mass is 10.0. The third-order valence-corrected chi connectivity index (χ3v) is 8.17. The minimum atomic E-state index is -0.0226. The van der Waals surface area contributed by atoms with Crippen LogP contribution in [0.5, 0.6) is 0 Å². The van der Waals surface area contributed by atoms with E-state index in [4.69, 9.17) is 11.6 Å². The second kappa shape index (κ2) is 8.80. The molecule has 0 bridgehead atoms. The Bertz CT molecular complexity index is 1220. The predicted molar refractivity (Wildman–Crippen MR) is 130 cm³/mol. The molecule has 0 N–H and O–H groups in total. The zero-order chi connectivity index (χ0) is 23.1. The van der Waals surface area contributed by atoms with Crippen molar-refractivity contribution >= 4 is 51.2 Å². The first-order valence-corrected chi connectivity index (χ1v) is 12.2. The number of hydrogen-bond donors (Lipinski definition) is 0. The zero-order valence-electron chi connectivity index (χ0n) is 18.2. The molecule has 2 aliphatic heterocycles. The second-order valence-electron chi connectivity index (χ2n) is 8.67. The highest BCUT2D eigenvalue weighted by Gasteiger charge is 2.41. The number of amides is 3. The van der Waals surface area contributed by atoms with Gasteiger partial charge in [-0.15, -0.1) is 11.3 Å². The summed E-state index contributed by atoms with van der Waals surface area (Å²) in [4.78, 5) is 43.9. The number of thiophene rings is 1. The van der Waals surface area contributed by atoms with Gasteiger partial charge in [-0.1, -0.05) is 29.8 Å². The molecule has 1 aromatic heterocycles. The van der Waals surface area contributed by atoms with Gasteiger partial charge in [0.25, 0.3) is 11.8 Å². The Kier molecular flexibility index (Phi) is 5.85. The van der Waals surface area contributed by atoms with Gasteiger partial charge in [-0.05, 0) is 54.6 Å². The molecular weight excluding hydrogens is 458 g/mol. The van der Waals surface area contributed by atoms with Crippen molar-refractivity contribution in [2.45, 2.75) is 25.4 Å². The lowest BCUT2D eigenvalue weighted by Crippen LogP contribution is -2.63. The third-order valence-electron chi connectivity index (χ3n) is 6.68. The van der Waals surface area contributed by atoms with Crippen molar-refractivity contribution in [1.29, 1.82) is 0 Å².